The average molecular weight is 250 g/mol. The molecule has 3 aliphatic rings. The Balaban J connectivity index is 1.58. The minimum atomic E-state index is 0.809. The average Bonchev–Trinajstić information content (AvgIpc) is 2.80. The summed E-state index contributed by atoms with van der Waals surface area (Å²) in [7, 11) is 0. The van der Waals surface area contributed by atoms with Crippen LogP contribution < -0.4 is 5.32 Å². The molecule has 0 aromatic heterocycles. The van der Waals surface area contributed by atoms with Crippen molar-refractivity contribution in [1.82, 2.24) is 10.2 Å². The Morgan fingerprint density at radius 1 is 1.06 bits per heavy atom. The fraction of sp³-hybridized carbons (Fsp3) is 1.00. The van der Waals surface area contributed by atoms with Crippen LogP contribution in [0.15, 0.2) is 0 Å². The molecular formula is C16H30N2. The van der Waals surface area contributed by atoms with Crippen molar-refractivity contribution in [2.75, 3.05) is 13.1 Å². The summed E-state index contributed by atoms with van der Waals surface area (Å²) in [5.41, 5.74) is 0. The van der Waals surface area contributed by atoms with E-state index in [9.17, 15) is 0 Å². The van der Waals surface area contributed by atoms with Crippen molar-refractivity contribution in [3.05, 3.63) is 0 Å². The Kier molecular flexibility index (Phi) is 3.95. The summed E-state index contributed by atoms with van der Waals surface area (Å²) in [6.07, 6.45) is 10.1. The summed E-state index contributed by atoms with van der Waals surface area (Å²) >= 11 is 0. The zero-order valence-electron chi connectivity index (χ0n) is 12.2. The van der Waals surface area contributed by atoms with Crippen LogP contribution in [0.2, 0.25) is 0 Å². The molecule has 2 aliphatic heterocycles. The normalized spacial score (nSPS) is 42.2. The maximum atomic E-state index is 3.75. The van der Waals surface area contributed by atoms with E-state index in [-0.39, 0.29) is 0 Å². The summed E-state index contributed by atoms with van der Waals surface area (Å²) in [5, 5.41) is 3.75. The number of hydrogen-bond donors (Lipinski definition) is 1. The molecule has 18 heavy (non-hydrogen) atoms. The molecule has 2 nitrogen and oxygen atoms in total. The van der Waals surface area contributed by atoms with E-state index in [0.717, 1.165) is 30.0 Å². The fourth-order valence-corrected chi connectivity index (χ4v) is 4.35. The van der Waals surface area contributed by atoms with Crippen LogP contribution in [-0.2, 0) is 0 Å². The van der Waals surface area contributed by atoms with Gasteiger partial charge in [-0.1, -0.05) is 20.3 Å². The maximum Gasteiger partial charge on any atom is 0.0252 e. The van der Waals surface area contributed by atoms with Gasteiger partial charge in [-0.05, 0) is 63.5 Å². The Bertz CT molecular complexity index is 264. The first kappa shape index (κ1) is 12.9. The van der Waals surface area contributed by atoms with Gasteiger partial charge in [-0.3, -0.25) is 4.90 Å². The Morgan fingerprint density at radius 2 is 1.89 bits per heavy atom. The molecule has 0 spiro atoms. The second-order valence-electron chi connectivity index (χ2n) is 7.13. The standard InChI is InChI=1S/C16H30N2/c1-12(2)13-10-14(11-13)18-9-4-3-7-16(18)15-6-5-8-17-15/h12-17H,3-11H2,1-2H3. The van der Waals surface area contributed by atoms with Crippen molar-refractivity contribution in [2.45, 2.75) is 76.9 Å². The third-order valence-electron chi connectivity index (χ3n) is 5.72. The summed E-state index contributed by atoms with van der Waals surface area (Å²) in [4.78, 5) is 2.89. The van der Waals surface area contributed by atoms with Gasteiger partial charge in [0.15, 0.2) is 0 Å². The number of rotatable bonds is 3. The lowest BCUT2D eigenvalue weighted by Gasteiger charge is -2.51. The molecule has 1 saturated carbocycles. The van der Waals surface area contributed by atoms with E-state index >= 15 is 0 Å². The second-order valence-corrected chi connectivity index (χ2v) is 7.13. The monoisotopic (exact) mass is 250 g/mol. The SMILES string of the molecule is CC(C)C1CC(N2CCCCC2C2CCCN2)C1. The van der Waals surface area contributed by atoms with E-state index in [1.807, 2.05) is 0 Å². The van der Waals surface area contributed by atoms with Crippen molar-refractivity contribution >= 4 is 0 Å². The summed E-state index contributed by atoms with van der Waals surface area (Å²) in [6, 6.07) is 2.59. The van der Waals surface area contributed by atoms with E-state index in [1.54, 1.807) is 0 Å². The van der Waals surface area contributed by atoms with E-state index in [0.29, 0.717) is 0 Å². The lowest BCUT2D eigenvalue weighted by atomic mass is 9.72. The predicted molar refractivity (Wildman–Crippen MR) is 76.7 cm³/mol. The Hall–Kier alpha value is -0.0800. The van der Waals surface area contributed by atoms with Crippen LogP contribution in [0, 0.1) is 11.8 Å². The van der Waals surface area contributed by atoms with Crippen LogP contribution in [0.1, 0.15) is 58.8 Å². The molecule has 2 heteroatoms. The van der Waals surface area contributed by atoms with Crippen LogP contribution in [0.3, 0.4) is 0 Å². The Labute approximate surface area is 113 Å². The van der Waals surface area contributed by atoms with Crippen LogP contribution in [0.5, 0.6) is 0 Å². The molecule has 1 N–H and O–H groups in total. The maximum absolute atomic E-state index is 3.75. The zero-order valence-corrected chi connectivity index (χ0v) is 12.2. The molecule has 3 rings (SSSR count). The third-order valence-corrected chi connectivity index (χ3v) is 5.72. The minimum Gasteiger partial charge on any atom is -0.312 e. The first-order valence-electron chi connectivity index (χ1n) is 8.25. The van der Waals surface area contributed by atoms with Crippen molar-refractivity contribution in [3.8, 4) is 0 Å². The van der Waals surface area contributed by atoms with Crippen molar-refractivity contribution in [3.63, 3.8) is 0 Å². The molecule has 0 aromatic rings. The van der Waals surface area contributed by atoms with Gasteiger partial charge in [-0.2, -0.15) is 0 Å². The molecule has 0 radical (unpaired) electrons. The summed E-state index contributed by atoms with van der Waals surface area (Å²) in [5.74, 6) is 1.91. The van der Waals surface area contributed by atoms with Gasteiger partial charge < -0.3 is 5.32 Å². The highest BCUT2D eigenvalue weighted by molar-refractivity contribution is 4.97. The Morgan fingerprint density at radius 3 is 2.56 bits per heavy atom. The zero-order chi connectivity index (χ0) is 12.5. The summed E-state index contributed by atoms with van der Waals surface area (Å²) in [6.45, 7) is 7.42. The number of nitrogens with one attached hydrogen (secondary N) is 1. The van der Waals surface area contributed by atoms with Crippen LogP contribution in [0.4, 0.5) is 0 Å². The minimum absolute atomic E-state index is 0.809. The molecule has 2 atom stereocenters. The molecule has 0 aromatic carbocycles. The van der Waals surface area contributed by atoms with Gasteiger partial charge in [0, 0.05) is 18.1 Å². The van der Waals surface area contributed by atoms with Gasteiger partial charge in [0.2, 0.25) is 0 Å². The smallest absolute Gasteiger partial charge is 0.0252 e. The number of hydrogen-bond acceptors (Lipinski definition) is 2. The molecule has 2 saturated heterocycles. The first-order chi connectivity index (χ1) is 8.75. The quantitative estimate of drug-likeness (QED) is 0.828. The molecule has 3 fully saturated rings. The molecule has 2 unspecified atom stereocenters. The third kappa shape index (κ3) is 2.46. The van der Waals surface area contributed by atoms with Gasteiger partial charge in [0.05, 0.1) is 0 Å². The van der Waals surface area contributed by atoms with Crippen molar-refractivity contribution in [1.29, 1.82) is 0 Å². The topological polar surface area (TPSA) is 15.3 Å². The molecule has 0 bridgehead atoms. The van der Waals surface area contributed by atoms with Crippen LogP contribution in [-0.4, -0.2) is 36.1 Å². The molecule has 1 aliphatic carbocycles. The van der Waals surface area contributed by atoms with E-state index in [4.69, 9.17) is 0 Å². The largest absolute Gasteiger partial charge is 0.312 e. The number of piperidine rings is 1. The summed E-state index contributed by atoms with van der Waals surface area (Å²) < 4.78 is 0. The number of likely N-dealkylation sites (tertiary alicyclic amines) is 1. The van der Waals surface area contributed by atoms with Crippen LogP contribution >= 0.6 is 0 Å². The highest BCUT2D eigenvalue weighted by atomic mass is 15.2. The molecule has 104 valence electrons. The lowest BCUT2D eigenvalue weighted by molar-refractivity contribution is -0.00399. The highest BCUT2D eigenvalue weighted by Gasteiger charge is 2.41. The molecule has 0 amide bonds. The number of nitrogens with zero attached hydrogens (tertiary/aromatic N) is 1. The van der Waals surface area contributed by atoms with Crippen molar-refractivity contribution in [2.24, 2.45) is 11.8 Å². The van der Waals surface area contributed by atoms with Crippen LogP contribution in [0.25, 0.3) is 0 Å². The van der Waals surface area contributed by atoms with Gasteiger partial charge in [-0.25, -0.2) is 0 Å². The second kappa shape index (κ2) is 5.50. The van der Waals surface area contributed by atoms with Gasteiger partial charge in [0.1, 0.15) is 0 Å². The van der Waals surface area contributed by atoms with E-state index in [2.05, 4.69) is 24.1 Å². The first-order valence-corrected chi connectivity index (χ1v) is 8.25. The van der Waals surface area contributed by atoms with Gasteiger partial charge in [-0.15, -0.1) is 0 Å². The van der Waals surface area contributed by atoms with Crippen molar-refractivity contribution < 1.29 is 0 Å². The predicted octanol–water partition coefficient (Wildman–Crippen LogP) is 3.03. The fourth-order valence-electron chi connectivity index (χ4n) is 4.35. The lowest BCUT2D eigenvalue weighted by Crippen LogP contribution is -2.57. The molecular weight excluding hydrogens is 220 g/mol. The van der Waals surface area contributed by atoms with E-state index < -0.39 is 0 Å². The van der Waals surface area contributed by atoms with Gasteiger partial charge in [0.25, 0.3) is 0 Å². The molecule has 2 heterocycles. The van der Waals surface area contributed by atoms with Gasteiger partial charge >= 0.3 is 0 Å². The van der Waals surface area contributed by atoms with E-state index in [1.165, 1.54) is 58.0 Å². The highest BCUT2D eigenvalue weighted by Crippen LogP contribution is 2.40.